The number of carboxylic acid groups (broad SMARTS) is 2. The van der Waals surface area contributed by atoms with Gasteiger partial charge in [0, 0.05) is 0 Å². The van der Waals surface area contributed by atoms with E-state index in [1.54, 1.807) is 0 Å². The van der Waals surface area contributed by atoms with Gasteiger partial charge in [-0.05, 0) is 25.0 Å². The third-order valence-electron chi connectivity index (χ3n) is 0.697. The van der Waals surface area contributed by atoms with Gasteiger partial charge in [-0.1, -0.05) is 13.2 Å². The Morgan fingerprint density at radius 2 is 0.929 bits per heavy atom. The first-order chi connectivity index (χ1) is 5.29. The Bertz CT molecular complexity index is 175. The van der Waals surface area contributed by atoms with Crippen molar-refractivity contribution in [2.24, 2.45) is 0 Å². The molecule has 14 heavy (non-hydrogen) atoms. The van der Waals surface area contributed by atoms with Crippen LogP contribution in [0.3, 0.4) is 0 Å². The molecule has 6 heteroatoms. The fourth-order valence-corrected chi connectivity index (χ4v) is 0. The van der Waals surface area contributed by atoms with Gasteiger partial charge >= 0.3 is 0 Å². The van der Waals surface area contributed by atoms with E-state index >= 15 is 0 Å². The Hall–Kier alpha value is -1.66. The van der Waals surface area contributed by atoms with Gasteiger partial charge in [0.2, 0.25) is 0 Å². The molecule has 0 heterocycles. The highest BCUT2D eigenvalue weighted by Gasteiger charge is 1.76. The Morgan fingerprint density at radius 1 is 0.857 bits per heavy atom. The minimum absolute atomic E-state index is 0. The number of hydrogen-bond donors (Lipinski definition) is 2. The average Bonchev–Trinajstić information content (AvgIpc) is 1.88. The van der Waals surface area contributed by atoms with Crippen LogP contribution in [0.4, 0.5) is 0 Å². The Morgan fingerprint density at radius 3 is 0.929 bits per heavy atom. The second kappa shape index (κ2) is 11.3. The minimum Gasteiger partial charge on any atom is -0.545 e. The van der Waals surface area contributed by atoms with E-state index in [1.807, 2.05) is 0 Å². The highest BCUT2D eigenvalue weighted by Crippen LogP contribution is 1.77. The first kappa shape index (κ1) is 22.8. The fraction of sp³-hybridized carbons (Fsp3) is 0.250. The Balaban J connectivity index is -0.0000000625. The molecular formula is C8H18N2O4. The van der Waals surface area contributed by atoms with Gasteiger partial charge in [-0.3, -0.25) is 0 Å². The van der Waals surface area contributed by atoms with Crippen molar-refractivity contribution in [2.45, 2.75) is 13.8 Å². The average molecular weight is 206 g/mol. The van der Waals surface area contributed by atoms with Crippen LogP contribution in [0.2, 0.25) is 0 Å². The summed E-state index contributed by atoms with van der Waals surface area (Å²) in [6.07, 6.45) is 0. The summed E-state index contributed by atoms with van der Waals surface area (Å²) < 4.78 is 0. The minimum atomic E-state index is -1.19. The summed E-state index contributed by atoms with van der Waals surface area (Å²) >= 11 is 0. The topological polar surface area (TPSA) is 153 Å². The molecule has 0 aromatic heterocycles. The van der Waals surface area contributed by atoms with E-state index in [9.17, 15) is 19.8 Å². The molecule has 0 aliphatic rings. The molecule has 0 aromatic rings. The molecule has 0 rings (SSSR count). The number of quaternary nitrogens is 2. The van der Waals surface area contributed by atoms with Gasteiger partial charge in [-0.15, -0.1) is 0 Å². The Labute approximate surface area is 83.1 Å². The van der Waals surface area contributed by atoms with Gasteiger partial charge in [-0.25, -0.2) is 0 Å². The van der Waals surface area contributed by atoms with E-state index in [2.05, 4.69) is 13.2 Å². The monoisotopic (exact) mass is 206 g/mol. The highest BCUT2D eigenvalue weighted by molar-refractivity contribution is 5.83. The summed E-state index contributed by atoms with van der Waals surface area (Å²) in [7, 11) is 0. The Kier molecular flexibility index (Phi) is 18.5. The van der Waals surface area contributed by atoms with Crippen LogP contribution in [0.15, 0.2) is 24.3 Å². The van der Waals surface area contributed by atoms with Crippen LogP contribution in [0.5, 0.6) is 0 Å². The molecule has 0 saturated carbocycles. The standard InChI is InChI=1S/2C4H6O2.2H3N/c2*1-3(2)4(5)6;;/h2*1H2,2H3,(H,5,6);2*1H3. The molecule has 0 aliphatic carbocycles. The molecule has 0 fully saturated rings. The van der Waals surface area contributed by atoms with E-state index in [0.29, 0.717) is 0 Å². The van der Waals surface area contributed by atoms with Crippen LogP contribution in [0, 0.1) is 0 Å². The number of carbonyl (C=O) groups is 2. The summed E-state index contributed by atoms with van der Waals surface area (Å²) in [6.45, 7) is 8.95. The third-order valence-corrected chi connectivity index (χ3v) is 0.697. The van der Waals surface area contributed by atoms with Crippen molar-refractivity contribution in [1.29, 1.82) is 0 Å². The van der Waals surface area contributed by atoms with Crippen LogP contribution in [0.25, 0.3) is 0 Å². The molecule has 0 aromatic carbocycles. The van der Waals surface area contributed by atoms with E-state index in [4.69, 9.17) is 0 Å². The van der Waals surface area contributed by atoms with Crippen LogP contribution >= 0.6 is 0 Å². The van der Waals surface area contributed by atoms with Gasteiger partial charge in [-0.2, -0.15) is 0 Å². The normalized spacial score (nSPS) is 6.43. The molecule has 6 nitrogen and oxygen atoms in total. The maximum absolute atomic E-state index is 9.49. The van der Waals surface area contributed by atoms with Gasteiger partial charge in [0.15, 0.2) is 0 Å². The molecule has 0 saturated heterocycles. The molecule has 84 valence electrons. The predicted molar refractivity (Wildman–Crippen MR) is 51.6 cm³/mol. The molecule has 0 unspecified atom stereocenters. The number of carbonyl (C=O) groups excluding carboxylic acids is 2. The highest BCUT2D eigenvalue weighted by atomic mass is 16.4. The number of hydrogen-bond acceptors (Lipinski definition) is 4. The molecule has 0 spiro atoms. The lowest BCUT2D eigenvalue weighted by Gasteiger charge is -1.93. The molecule has 0 radical (unpaired) electrons. The van der Waals surface area contributed by atoms with Crippen molar-refractivity contribution in [3.05, 3.63) is 24.3 Å². The van der Waals surface area contributed by atoms with Crippen LogP contribution in [-0.2, 0) is 9.59 Å². The number of rotatable bonds is 2. The van der Waals surface area contributed by atoms with E-state index < -0.39 is 11.9 Å². The molecule has 0 atom stereocenters. The zero-order valence-electron chi connectivity index (χ0n) is 9.05. The molecule has 8 N–H and O–H groups in total. The molecule has 0 bridgehead atoms. The van der Waals surface area contributed by atoms with Crippen molar-refractivity contribution in [3.8, 4) is 0 Å². The van der Waals surface area contributed by atoms with Crippen LogP contribution < -0.4 is 22.5 Å². The van der Waals surface area contributed by atoms with Gasteiger partial charge in [0.25, 0.3) is 0 Å². The van der Waals surface area contributed by atoms with E-state index in [0.717, 1.165) is 0 Å². The summed E-state index contributed by atoms with van der Waals surface area (Å²) in [4.78, 5) is 19.0. The molecular weight excluding hydrogens is 188 g/mol. The lowest BCUT2D eigenvalue weighted by atomic mass is 10.4. The first-order valence-corrected chi connectivity index (χ1v) is 3.02. The van der Waals surface area contributed by atoms with Crippen molar-refractivity contribution in [1.82, 2.24) is 12.3 Å². The van der Waals surface area contributed by atoms with Gasteiger partial charge in [0.1, 0.15) is 0 Å². The maximum atomic E-state index is 9.49. The second-order valence-electron chi connectivity index (χ2n) is 2.14. The third kappa shape index (κ3) is 22.4. The van der Waals surface area contributed by atoms with Crippen molar-refractivity contribution in [3.63, 3.8) is 0 Å². The number of aliphatic carboxylic acids is 2. The molecule has 0 amide bonds. The first-order valence-electron chi connectivity index (χ1n) is 3.02. The van der Waals surface area contributed by atoms with Gasteiger partial charge < -0.3 is 32.1 Å². The summed E-state index contributed by atoms with van der Waals surface area (Å²) in [5.41, 5.74) is 0.130. The van der Waals surface area contributed by atoms with Crippen LogP contribution in [-0.4, -0.2) is 11.9 Å². The van der Waals surface area contributed by atoms with E-state index in [1.165, 1.54) is 13.8 Å². The summed E-state index contributed by atoms with van der Waals surface area (Å²) in [6, 6.07) is 0. The van der Waals surface area contributed by atoms with Crippen molar-refractivity contribution < 1.29 is 19.8 Å². The fourth-order valence-electron chi connectivity index (χ4n) is 0. The van der Waals surface area contributed by atoms with Crippen molar-refractivity contribution in [2.75, 3.05) is 0 Å². The maximum Gasteiger partial charge on any atom is 0.0666 e. The van der Waals surface area contributed by atoms with E-state index in [-0.39, 0.29) is 23.4 Å². The number of carboxylic acids is 2. The lowest BCUT2D eigenvalue weighted by Crippen LogP contribution is -2.22. The predicted octanol–water partition coefficient (Wildman–Crippen LogP) is -0.623. The largest absolute Gasteiger partial charge is 0.545 e. The smallest absolute Gasteiger partial charge is 0.0666 e. The summed E-state index contributed by atoms with van der Waals surface area (Å²) in [5.74, 6) is -2.37. The SMILES string of the molecule is C=C(C)C(=O)[O-].C=C(C)C(=O)[O-].[NH4+].[NH4+]. The van der Waals surface area contributed by atoms with Crippen molar-refractivity contribution >= 4 is 11.9 Å². The lowest BCUT2D eigenvalue weighted by molar-refractivity contribution is -0.300. The second-order valence-corrected chi connectivity index (χ2v) is 2.14. The summed E-state index contributed by atoms with van der Waals surface area (Å²) in [5, 5.41) is 19.0. The zero-order chi connectivity index (χ0) is 10.3. The van der Waals surface area contributed by atoms with Gasteiger partial charge in [0.05, 0.1) is 11.9 Å². The quantitative estimate of drug-likeness (QED) is 0.577. The zero-order valence-corrected chi connectivity index (χ0v) is 9.05. The molecule has 0 aliphatic heterocycles. The van der Waals surface area contributed by atoms with Crippen LogP contribution in [0.1, 0.15) is 13.8 Å².